The van der Waals surface area contributed by atoms with Crippen LogP contribution in [0.2, 0.25) is 0 Å². The van der Waals surface area contributed by atoms with Crippen molar-refractivity contribution < 1.29 is 19.1 Å². The fourth-order valence-corrected chi connectivity index (χ4v) is 3.72. The van der Waals surface area contributed by atoms with Crippen LogP contribution in [0.15, 0.2) is 18.3 Å². The molecule has 1 fully saturated rings. The Morgan fingerprint density at radius 2 is 2.13 bits per heavy atom. The first kappa shape index (κ1) is 21.8. The second-order valence-electron chi connectivity index (χ2n) is 8.24. The minimum atomic E-state index is -0.503. The van der Waals surface area contributed by atoms with Gasteiger partial charge >= 0.3 is 6.09 Å². The third-order valence-electron chi connectivity index (χ3n) is 4.51. The lowest BCUT2D eigenvalue weighted by atomic mass is 10.1. The highest BCUT2D eigenvalue weighted by molar-refractivity contribution is 7.10. The highest BCUT2D eigenvalue weighted by Crippen LogP contribution is 2.23. The standard InChI is InChI=1S/C20H27N5O4S/c1-12-16(17(21)30-24-12)18(26)23-14-5-6-15(22-9-14)28-11-13-7-8-25(10-13)19(27)29-20(2,3)4/h5-6,9,13H,7-8,10-11,21H2,1-4H3,(H,23,26)/t13-/m1/s1. The van der Waals surface area contributed by atoms with Crippen molar-refractivity contribution in [2.75, 3.05) is 30.7 Å². The summed E-state index contributed by atoms with van der Waals surface area (Å²) in [6.07, 6.45) is 2.09. The van der Waals surface area contributed by atoms with Crippen LogP contribution >= 0.6 is 11.5 Å². The minimum absolute atomic E-state index is 0.218. The van der Waals surface area contributed by atoms with Gasteiger partial charge in [-0.05, 0) is 51.7 Å². The van der Waals surface area contributed by atoms with E-state index in [1.54, 1.807) is 24.0 Å². The van der Waals surface area contributed by atoms with Crippen LogP contribution in [0.1, 0.15) is 43.2 Å². The molecule has 30 heavy (non-hydrogen) atoms. The van der Waals surface area contributed by atoms with Crippen molar-refractivity contribution >= 4 is 34.2 Å². The van der Waals surface area contributed by atoms with E-state index in [4.69, 9.17) is 15.2 Å². The van der Waals surface area contributed by atoms with Gasteiger partial charge in [0.2, 0.25) is 5.88 Å². The molecule has 1 aliphatic heterocycles. The zero-order chi connectivity index (χ0) is 21.9. The number of anilines is 2. The van der Waals surface area contributed by atoms with Crippen LogP contribution in [0, 0.1) is 12.8 Å². The fraction of sp³-hybridized carbons (Fsp3) is 0.500. The number of nitrogens with zero attached hydrogens (tertiary/aromatic N) is 3. The molecular formula is C20H27N5O4S. The molecule has 3 rings (SSSR count). The van der Waals surface area contributed by atoms with Crippen molar-refractivity contribution in [1.29, 1.82) is 0 Å². The number of carbonyl (C=O) groups excluding carboxylic acids is 2. The van der Waals surface area contributed by atoms with Gasteiger partial charge in [0.1, 0.15) is 10.6 Å². The molecule has 3 N–H and O–H groups in total. The van der Waals surface area contributed by atoms with Gasteiger partial charge in [-0.3, -0.25) is 4.79 Å². The van der Waals surface area contributed by atoms with Crippen LogP contribution in [-0.2, 0) is 4.74 Å². The summed E-state index contributed by atoms with van der Waals surface area (Å²) >= 11 is 1.09. The van der Waals surface area contributed by atoms with Crippen molar-refractivity contribution in [3.05, 3.63) is 29.6 Å². The molecule has 0 aliphatic carbocycles. The number of nitrogen functional groups attached to an aromatic ring is 1. The van der Waals surface area contributed by atoms with Crippen molar-refractivity contribution in [1.82, 2.24) is 14.3 Å². The number of nitrogens with one attached hydrogen (secondary N) is 1. The predicted octanol–water partition coefficient (Wildman–Crippen LogP) is 3.32. The quantitative estimate of drug-likeness (QED) is 0.742. The summed E-state index contributed by atoms with van der Waals surface area (Å²) in [5, 5.41) is 3.14. The fourth-order valence-electron chi connectivity index (χ4n) is 3.06. The van der Waals surface area contributed by atoms with Gasteiger partial charge in [0.15, 0.2) is 0 Å². The van der Waals surface area contributed by atoms with E-state index in [0.717, 1.165) is 18.0 Å². The Hall–Kier alpha value is -2.88. The molecule has 2 aromatic rings. The first-order valence-electron chi connectivity index (χ1n) is 9.72. The number of hydrogen-bond acceptors (Lipinski definition) is 8. The number of nitrogens with two attached hydrogens (primary N) is 1. The monoisotopic (exact) mass is 433 g/mol. The Bertz CT molecular complexity index is 887. The highest BCUT2D eigenvalue weighted by Gasteiger charge is 2.30. The maximum Gasteiger partial charge on any atom is 0.410 e. The Kier molecular flexibility index (Phi) is 6.45. The highest BCUT2D eigenvalue weighted by atomic mass is 32.1. The zero-order valence-corrected chi connectivity index (χ0v) is 18.4. The summed E-state index contributed by atoms with van der Waals surface area (Å²) in [5.41, 5.74) is 6.82. The third-order valence-corrected chi connectivity index (χ3v) is 5.28. The minimum Gasteiger partial charge on any atom is -0.477 e. The molecular weight excluding hydrogens is 406 g/mol. The molecule has 10 heteroatoms. The number of pyridine rings is 1. The number of carbonyl (C=O) groups is 2. The molecule has 0 saturated carbocycles. The molecule has 162 valence electrons. The van der Waals surface area contributed by atoms with Gasteiger partial charge < -0.3 is 25.4 Å². The van der Waals surface area contributed by atoms with E-state index >= 15 is 0 Å². The molecule has 0 unspecified atom stereocenters. The largest absolute Gasteiger partial charge is 0.477 e. The maximum absolute atomic E-state index is 12.3. The lowest BCUT2D eigenvalue weighted by Gasteiger charge is -2.24. The van der Waals surface area contributed by atoms with E-state index < -0.39 is 5.60 Å². The number of ether oxygens (including phenoxy) is 2. The number of hydrogen-bond donors (Lipinski definition) is 2. The summed E-state index contributed by atoms with van der Waals surface area (Å²) < 4.78 is 15.2. The van der Waals surface area contributed by atoms with Gasteiger partial charge in [-0.1, -0.05) is 0 Å². The number of rotatable bonds is 5. The zero-order valence-electron chi connectivity index (χ0n) is 17.6. The molecule has 0 aromatic carbocycles. The van der Waals surface area contributed by atoms with Crippen LogP contribution < -0.4 is 15.8 Å². The first-order chi connectivity index (χ1) is 14.1. The summed E-state index contributed by atoms with van der Waals surface area (Å²) in [5.74, 6) is 0.356. The smallest absolute Gasteiger partial charge is 0.410 e. The van der Waals surface area contributed by atoms with Gasteiger partial charge in [-0.25, -0.2) is 9.78 Å². The normalized spacial score (nSPS) is 16.4. The topological polar surface area (TPSA) is 120 Å². The van der Waals surface area contributed by atoms with E-state index in [2.05, 4.69) is 14.7 Å². The second kappa shape index (κ2) is 8.86. The van der Waals surface area contributed by atoms with Crippen molar-refractivity contribution in [2.45, 2.75) is 39.7 Å². The van der Waals surface area contributed by atoms with Crippen LogP contribution in [0.5, 0.6) is 5.88 Å². The Labute approximate surface area is 179 Å². The van der Waals surface area contributed by atoms with Crippen LogP contribution in [0.25, 0.3) is 0 Å². The molecule has 1 saturated heterocycles. The Balaban J connectivity index is 1.47. The van der Waals surface area contributed by atoms with Gasteiger partial charge in [0.25, 0.3) is 5.91 Å². The van der Waals surface area contributed by atoms with Gasteiger partial charge in [0, 0.05) is 25.1 Å². The number of aromatic nitrogens is 2. The van der Waals surface area contributed by atoms with Crippen LogP contribution in [-0.4, -0.2) is 51.6 Å². The van der Waals surface area contributed by atoms with Gasteiger partial charge in [-0.15, -0.1) is 0 Å². The van der Waals surface area contributed by atoms with Crippen LogP contribution in [0.4, 0.5) is 15.5 Å². The van der Waals surface area contributed by atoms with E-state index in [9.17, 15) is 9.59 Å². The Morgan fingerprint density at radius 1 is 1.37 bits per heavy atom. The van der Waals surface area contributed by atoms with E-state index in [0.29, 0.717) is 47.5 Å². The van der Waals surface area contributed by atoms with E-state index in [1.165, 1.54) is 6.20 Å². The molecule has 0 radical (unpaired) electrons. The molecule has 0 spiro atoms. The van der Waals surface area contributed by atoms with E-state index in [-0.39, 0.29) is 17.9 Å². The SMILES string of the molecule is Cc1nsc(N)c1C(=O)Nc1ccc(OC[C@@H]2CCN(C(=O)OC(C)(C)C)C2)nc1. The van der Waals surface area contributed by atoms with Crippen molar-refractivity contribution in [3.8, 4) is 5.88 Å². The first-order valence-corrected chi connectivity index (χ1v) is 10.5. The van der Waals surface area contributed by atoms with Crippen molar-refractivity contribution in [2.24, 2.45) is 5.92 Å². The van der Waals surface area contributed by atoms with Gasteiger partial charge in [0.05, 0.1) is 29.7 Å². The molecule has 2 amide bonds. The lowest BCUT2D eigenvalue weighted by molar-refractivity contribution is 0.0284. The number of amides is 2. The Morgan fingerprint density at radius 3 is 2.73 bits per heavy atom. The molecule has 9 nitrogen and oxygen atoms in total. The summed E-state index contributed by atoms with van der Waals surface area (Å²) in [6, 6.07) is 3.41. The maximum atomic E-state index is 12.3. The third kappa shape index (κ3) is 5.59. The molecule has 2 aromatic heterocycles. The van der Waals surface area contributed by atoms with Crippen molar-refractivity contribution in [3.63, 3.8) is 0 Å². The summed E-state index contributed by atoms with van der Waals surface area (Å²) in [7, 11) is 0. The molecule has 1 atom stereocenters. The number of aryl methyl sites for hydroxylation is 1. The second-order valence-corrected chi connectivity index (χ2v) is 9.04. The van der Waals surface area contributed by atoms with Gasteiger partial charge in [-0.2, -0.15) is 4.37 Å². The average molecular weight is 434 g/mol. The van der Waals surface area contributed by atoms with E-state index in [1.807, 2.05) is 20.8 Å². The molecule has 1 aliphatic rings. The lowest BCUT2D eigenvalue weighted by Crippen LogP contribution is -2.35. The summed E-state index contributed by atoms with van der Waals surface area (Å²) in [4.78, 5) is 30.4. The molecule has 0 bridgehead atoms. The summed E-state index contributed by atoms with van der Waals surface area (Å²) in [6.45, 7) is 9.00. The predicted molar refractivity (Wildman–Crippen MR) is 115 cm³/mol. The van der Waals surface area contributed by atoms with Crippen LogP contribution in [0.3, 0.4) is 0 Å². The number of likely N-dealkylation sites (tertiary alicyclic amines) is 1. The average Bonchev–Trinajstić information content (AvgIpc) is 3.26. The molecule has 3 heterocycles.